The lowest BCUT2D eigenvalue weighted by atomic mass is 10.1. The second-order valence-electron chi connectivity index (χ2n) is 2.63. The SMILES string of the molecule is NCc1c(CO)cnc(I)c1C(F)F. The van der Waals surface area contributed by atoms with Gasteiger partial charge < -0.3 is 10.8 Å². The van der Waals surface area contributed by atoms with Crippen LogP contribution in [0.5, 0.6) is 0 Å². The lowest BCUT2D eigenvalue weighted by Gasteiger charge is -2.12. The number of hydrogen-bond acceptors (Lipinski definition) is 3. The fourth-order valence-corrected chi connectivity index (χ4v) is 1.88. The van der Waals surface area contributed by atoms with E-state index in [1.54, 1.807) is 22.6 Å². The third-order valence-electron chi connectivity index (χ3n) is 1.86. The van der Waals surface area contributed by atoms with Gasteiger partial charge in [-0.25, -0.2) is 13.8 Å². The molecule has 1 aromatic heterocycles. The van der Waals surface area contributed by atoms with Gasteiger partial charge in [0.05, 0.1) is 12.2 Å². The Hall–Kier alpha value is -0.340. The summed E-state index contributed by atoms with van der Waals surface area (Å²) in [4.78, 5) is 3.77. The molecule has 3 nitrogen and oxygen atoms in total. The van der Waals surface area contributed by atoms with Gasteiger partial charge in [0, 0.05) is 18.3 Å². The van der Waals surface area contributed by atoms with Gasteiger partial charge in [-0.3, -0.25) is 0 Å². The van der Waals surface area contributed by atoms with E-state index < -0.39 is 6.43 Å². The molecule has 1 aromatic rings. The van der Waals surface area contributed by atoms with E-state index in [2.05, 4.69) is 4.98 Å². The lowest BCUT2D eigenvalue weighted by Crippen LogP contribution is -2.10. The highest BCUT2D eigenvalue weighted by Gasteiger charge is 2.19. The van der Waals surface area contributed by atoms with Crippen molar-refractivity contribution in [1.29, 1.82) is 0 Å². The summed E-state index contributed by atoms with van der Waals surface area (Å²) in [6, 6.07) is 0. The van der Waals surface area contributed by atoms with Gasteiger partial charge in [-0.05, 0) is 28.2 Å². The maximum Gasteiger partial charge on any atom is 0.266 e. The molecular formula is C8H9F2IN2O. The molecule has 14 heavy (non-hydrogen) atoms. The van der Waals surface area contributed by atoms with Gasteiger partial charge in [0.1, 0.15) is 3.70 Å². The van der Waals surface area contributed by atoms with Crippen LogP contribution in [0.2, 0.25) is 0 Å². The predicted molar refractivity (Wildman–Crippen MR) is 55.7 cm³/mol. The molecule has 0 atom stereocenters. The minimum absolute atomic E-state index is 0.0198. The summed E-state index contributed by atoms with van der Waals surface area (Å²) < 4.78 is 25.5. The van der Waals surface area contributed by atoms with Crippen LogP contribution in [0, 0.1) is 3.70 Å². The van der Waals surface area contributed by atoms with Gasteiger partial charge >= 0.3 is 0 Å². The summed E-state index contributed by atoms with van der Waals surface area (Å²) in [5.74, 6) is 0. The molecule has 0 unspecified atom stereocenters. The molecule has 0 amide bonds. The Labute approximate surface area is 93.5 Å². The summed E-state index contributed by atoms with van der Waals surface area (Å²) in [5, 5.41) is 8.90. The van der Waals surface area contributed by atoms with E-state index in [1.165, 1.54) is 6.20 Å². The predicted octanol–water partition coefficient (Wildman–Crippen LogP) is 1.57. The average Bonchev–Trinajstić information content (AvgIpc) is 2.16. The summed E-state index contributed by atoms with van der Waals surface area (Å²) in [7, 11) is 0. The number of halogens is 3. The number of pyridine rings is 1. The van der Waals surface area contributed by atoms with Crippen LogP contribution in [0.25, 0.3) is 0 Å². The van der Waals surface area contributed by atoms with Crippen LogP contribution in [-0.2, 0) is 13.2 Å². The molecule has 0 radical (unpaired) electrons. The molecule has 0 saturated carbocycles. The Morgan fingerprint density at radius 2 is 2.21 bits per heavy atom. The van der Waals surface area contributed by atoms with Crippen molar-refractivity contribution in [3.63, 3.8) is 0 Å². The summed E-state index contributed by atoms with van der Waals surface area (Å²) in [6.07, 6.45) is -1.24. The molecule has 0 aliphatic carbocycles. The minimum Gasteiger partial charge on any atom is -0.392 e. The van der Waals surface area contributed by atoms with Crippen molar-refractivity contribution in [2.75, 3.05) is 0 Å². The first-order valence-electron chi connectivity index (χ1n) is 3.87. The highest BCUT2D eigenvalue weighted by molar-refractivity contribution is 14.1. The Kier molecular flexibility index (Phi) is 4.14. The van der Waals surface area contributed by atoms with Gasteiger partial charge in [-0.2, -0.15) is 0 Å². The van der Waals surface area contributed by atoms with E-state index in [1.807, 2.05) is 0 Å². The molecule has 1 rings (SSSR count). The van der Waals surface area contributed by atoms with Crippen LogP contribution in [0.15, 0.2) is 6.20 Å². The molecule has 0 aliphatic heterocycles. The van der Waals surface area contributed by atoms with E-state index in [4.69, 9.17) is 10.8 Å². The molecule has 0 fully saturated rings. The van der Waals surface area contributed by atoms with Crippen LogP contribution in [0.4, 0.5) is 8.78 Å². The van der Waals surface area contributed by atoms with Gasteiger partial charge in [0.2, 0.25) is 0 Å². The Morgan fingerprint density at radius 1 is 1.57 bits per heavy atom. The fourth-order valence-electron chi connectivity index (χ4n) is 1.18. The number of aliphatic hydroxyl groups is 1. The highest BCUT2D eigenvalue weighted by Crippen LogP contribution is 2.28. The van der Waals surface area contributed by atoms with E-state index >= 15 is 0 Å². The maximum absolute atomic E-state index is 12.6. The average molecular weight is 314 g/mol. The fraction of sp³-hybridized carbons (Fsp3) is 0.375. The molecular weight excluding hydrogens is 305 g/mol. The van der Waals surface area contributed by atoms with E-state index in [9.17, 15) is 8.78 Å². The van der Waals surface area contributed by atoms with Crippen molar-refractivity contribution < 1.29 is 13.9 Å². The summed E-state index contributed by atoms with van der Waals surface area (Å²) in [5.41, 5.74) is 5.85. The first-order chi connectivity index (χ1) is 6.61. The Balaban J connectivity index is 3.35. The van der Waals surface area contributed by atoms with E-state index in [0.29, 0.717) is 11.1 Å². The number of alkyl halides is 2. The van der Waals surface area contributed by atoms with Crippen molar-refractivity contribution in [2.45, 2.75) is 19.6 Å². The number of nitrogens with two attached hydrogens (primary N) is 1. The standard InChI is InChI=1S/C8H9F2IN2O/c9-7(10)6-5(1-12)4(3-14)2-13-8(6)11/h2,7,14H,1,3,12H2. The molecule has 78 valence electrons. The molecule has 0 saturated heterocycles. The zero-order valence-electron chi connectivity index (χ0n) is 7.17. The Morgan fingerprint density at radius 3 is 2.64 bits per heavy atom. The third kappa shape index (κ3) is 2.18. The summed E-state index contributed by atoms with van der Waals surface area (Å²) in [6.45, 7) is -0.343. The van der Waals surface area contributed by atoms with Crippen LogP contribution < -0.4 is 5.73 Å². The number of aromatic nitrogens is 1. The quantitative estimate of drug-likeness (QED) is 0.658. The highest BCUT2D eigenvalue weighted by atomic mass is 127. The number of rotatable bonds is 3. The second-order valence-corrected chi connectivity index (χ2v) is 3.65. The number of aliphatic hydroxyl groups excluding tert-OH is 1. The summed E-state index contributed by atoms with van der Waals surface area (Å²) >= 11 is 1.73. The van der Waals surface area contributed by atoms with Gasteiger partial charge in [-0.15, -0.1) is 0 Å². The first-order valence-corrected chi connectivity index (χ1v) is 4.94. The van der Waals surface area contributed by atoms with Gasteiger partial charge in [0.25, 0.3) is 6.43 Å². The van der Waals surface area contributed by atoms with Crippen LogP contribution >= 0.6 is 22.6 Å². The smallest absolute Gasteiger partial charge is 0.266 e. The third-order valence-corrected chi connectivity index (χ3v) is 2.72. The topological polar surface area (TPSA) is 59.1 Å². The Bertz CT molecular complexity index is 333. The zero-order chi connectivity index (χ0) is 10.7. The molecule has 0 spiro atoms. The van der Waals surface area contributed by atoms with Crippen LogP contribution in [0.3, 0.4) is 0 Å². The monoisotopic (exact) mass is 314 g/mol. The van der Waals surface area contributed by atoms with Crippen molar-refractivity contribution >= 4 is 22.6 Å². The van der Waals surface area contributed by atoms with E-state index in [0.717, 1.165) is 0 Å². The molecule has 0 bridgehead atoms. The number of hydrogen-bond donors (Lipinski definition) is 2. The van der Waals surface area contributed by atoms with Crippen molar-refractivity contribution in [1.82, 2.24) is 4.98 Å². The maximum atomic E-state index is 12.6. The minimum atomic E-state index is -2.61. The molecule has 6 heteroatoms. The first kappa shape index (κ1) is 11.7. The van der Waals surface area contributed by atoms with Crippen molar-refractivity contribution in [3.05, 3.63) is 26.6 Å². The lowest BCUT2D eigenvalue weighted by molar-refractivity contribution is 0.148. The van der Waals surface area contributed by atoms with E-state index in [-0.39, 0.29) is 22.4 Å². The number of nitrogens with zero attached hydrogens (tertiary/aromatic N) is 1. The second kappa shape index (κ2) is 4.94. The molecule has 0 aromatic carbocycles. The molecule has 1 heterocycles. The normalized spacial score (nSPS) is 11.0. The van der Waals surface area contributed by atoms with Gasteiger partial charge in [-0.1, -0.05) is 0 Å². The van der Waals surface area contributed by atoms with Crippen LogP contribution in [0.1, 0.15) is 23.1 Å². The molecule has 0 aliphatic rings. The van der Waals surface area contributed by atoms with Gasteiger partial charge in [0.15, 0.2) is 0 Å². The molecule has 3 N–H and O–H groups in total. The van der Waals surface area contributed by atoms with Crippen LogP contribution in [-0.4, -0.2) is 10.1 Å². The zero-order valence-corrected chi connectivity index (χ0v) is 9.33. The largest absolute Gasteiger partial charge is 0.392 e. The van der Waals surface area contributed by atoms with Crippen molar-refractivity contribution in [2.24, 2.45) is 5.73 Å². The van der Waals surface area contributed by atoms with Crippen molar-refractivity contribution in [3.8, 4) is 0 Å².